The van der Waals surface area contributed by atoms with Gasteiger partial charge in [-0.3, -0.25) is 0 Å². The normalized spacial score (nSPS) is 25.9. The van der Waals surface area contributed by atoms with Gasteiger partial charge in [-0.05, 0) is 80.5 Å². The third kappa shape index (κ3) is 4.13. The summed E-state index contributed by atoms with van der Waals surface area (Å²) >= 11 is 0. The number of aromatic nitrogens is 4. The Hall–Kier alpha value is -2.47. The van der Waals surface area contributed by atoms with Crippen molar-refractivity contribution in [1.29, 1.82) is 0 Å². The first-order chi connectivity index (χ1) is 15.6. The molecule has 170 valence electrons. The summed E-state index contributed by atoms with van der Waals surface area (Å²) in [6, 6.07) is 12.7. The van der Waals surface area contributed by atoms with Crippen LogP contribution >= 0.6 is 0 Å². The molecule has 4 N–H and O–H groups in total. The number of hydrogen-bond acceptors (Lipinski definition) is 5. The number of anilines is 1. The molecule has 3 fully saturated rings. The number of nitrogens with zero attached hydrogens (tertiary/aromatic N) is 3. The molecule has 0 radical (unpaired) electrons. The van der Waals surface area contributed by atoms with E-state index in [1.807, 2.05) is 6.07 Å². The summed E-state index contributed by atoms with van der Waals surface area (Å²) < 4.78 is 0. The SMILES string of the molecule is CCCCC12CCC(NCCC(c3ccccc3)c3cc(N)nc4n[nH]nc34)(CC1)CC2. The average Bonchev–Trinajstić information content (AvgIpc) is 3.31. The third-order valence-corrected chi connectivity index (χ3v) is 8.31. The number of nitrogen functional groups attached to an aromatic ring is 1. The van der Waals surface area contributed by atoms with Crippen molar-refractivity contribution in [2.45, 2.75) is 82.6 Å². The first-order valence-corrected chi connectivity index (χ1v) is 12.4. The molecule has 0 aliphatic heterocycles. The van der Waals surface area contributed by atoms with Crippen LogP contribution in [-0.4, -0.2) is 32.5 Å². The number of aromatic amines is 1. The highest BCUT2D eigenvalue weighted by Gasteiger charge is 2.47. The molecule has 0 spiro atoms. The van der Waals surface area contributed by atoms with Crippen molar-refractivity contribution < 1.29 is 0 Å². The van der Waals surface area contributed by atoms with Gasteiger partial charge in [-0.2, -0.15) is 10.3 Å². The highest BCUT2D eigenvalue weighted by molar-refractivity contribution is 5.77. The molecule has 1 unspecified atom stereocenters. The topological polar surface area (TPSA) is 92.5 Å². The fourth-order valence-electron chi connectivity index (χ4n) is 6.27. The molecule has 6 nitrogen and oxygen atoms in total. The molecule has 0 amide bonds. The van der Waals surface area contributed by atoms with E-state index in [0.717, 1.165) is 24.0 Å². The molecule has 6 rings (SSSR count). The number of benzene rings is 1. The zero-order valence-electron chi connectivity index (χ0n) is 19.2. The van der Waals surface area contributed by atoms with E-state index in [0.29, 0.717) is 22.4 Å². The number of nitrogens with two attached hydrogens (primary N) is 1. The fraction of sp³-hybridized carbons (Fsp3) is 0.577. The largest absolute Gasteiger partial charge is 0.384 e. The Labute approximate surface area is 190 Å². The minimum absolute atomic E-state index is 0.203. The molecule has 0 saturated heterocycles. The Morgan fingerprint density at radius 2 is 1.81 bits per heavy atom. The highest BCUT2D eigenvalue weighted by atomic mass is 15.3. The van der Waals surface area contributed by atoms with E-state index in [-0.39, 0.29) is 5.92 Å². The minimum atomic E-state index is 0.203. The fourth-order valence-corrected chi connectivity index (χ4v) is 6.27. The van der Waals surface area contributed by atoms with E-state index >= 15 is 0 Å². The second kappa shape index (κ2) is 8.81. The van der Waals surface area contributed by atoms with Gasteiger partial charge >= 0.3 is 0 Å². The summed E-state index contributed by atoms with van der Waals surface area (Å²) in [5.74, 6) is 0.700. The van der Waals surface area contributed by atoms with Gasteiger partial charge < -0.3 is 11.1 Å². The molecule has 2 bridgehead atoms. The van der Waals surface area contributed by atoms with E-state index in [1.54, 1.807) is 0 Å². The van der Waals surface area contributed by atoms with Gasteiger partial charge in [0.15, 0.2) is 0 Å². The van der Waals surface area contributed by atoms with Gasteiger partial charge in [-0.25, -0.2) is 4.98 Å². The first kappa shape index (κ1) is 21.4. The van der Waals surface area contributed by atoms with Crippen LogP contribution in [0.15, 0.2) is 36.4 Å². The predicted molar refractivity (Wildman–Crippen MR) is 129 cm³/mol. The maximum Gasteiger partial charge on any atom is 0.203 e. The maximum absolute atomic E-state index is 6.13. The van der Waals surface area contributed by atoms with E-state index in [4.69, 9.17) is 5.73 Å². The lowest BCUT2D eigenvalue weighted by Gasteiger charge is -2.54. The van der Waals surface area contributed by atoms with E-state index < -0.39 is 0 Å². The van der Waals surface area contributed by atoms with Gasteiger partial charge in [0.05, 0.1) is 0 Å². The van der Waals surface area contributed by atoms with Crippen molar-refractivity contribution in [3.8, 4) is 0 Å². The van der Waals surface area contributed by atoms with Crippen molar-refractivity contribution in [2.24, 2.45) is 5.41 Å². The summed E-state index contributed by atoms with van der Waals surface area (Å²) in [7, 11) is 0. The van der Waals surface area contributed by atoms with Gasteiger partial charge in [0, 0.05) is 11.5 Å². The Kier molecular flexibility index (Phi) is 5.89. The molecule has 1 atom stereocenters. The number of H-pyrrole nitrogens is 1. The second-order valence-electron chi connectivity index (χ2n) is 10.2. The molecule has 2 heterocycles. The molecule has 1 aromatic carbocycles. The van der Waals surface area contributed by atoms with Crippen molar-refractivity contribution in [3.05, 3.63) is 47.5 Å². The maximum atomic E-state index is 6.13. The van der Waals surface area contributed by atoms with E-state index in [2.05, 4.69) is 63.0 Å². The average molecular weight is 433 g/mol. The van der Waals surface area contributed by atoms with Crippen LogP contribution in [0.2, 0.25) is 0 Å². The first-order valence-electron chi connectivity index (χ1n) is 12.4. The van der Waals surface area contributed by atoms with Crippen LogP contribution in [0, 0.1) is 5.41 Å². The van der Waals surface area contributed by atoms with Crippen LogP contribution in [0.1, 0.15) is 88.2 Å². The Balaban J connectivity index is 1.31. The third-order valence-electron chi connectivity index (χ3n) is 8.31. The van der Waals surface area contributed by atoms with E-state index in [1.165, 1.54) is 63.4 Å². The van der Waals surface area contributed by atoms with Crippen molar-refractivity contribution in [1.82, 2.24) is 25.7 Å². The van der Waals surface area contributed by atoms with Crippen molar-refractivity contribution in [3.63, 3.8) is 0 Å². The molecule has 3 aromatic rings. The summed E-state index contributed by atoms with van der Waals surface area (Å²) in [6.07, 6.45) is 13.4. The summed E-state index contributed by atoms with van der Waals surface area (Å²) in [5.41, 5.74) is 10.9. The van der Waals surface area contributed by atoms with Crippen LogP contribution in [0.4, 0.5) is 5.82 Å². The van der Waals surface area contributed by atoms with Crippen LogP contribution in [-0.2, 0) is 0 Å². The van der Waals surface area contributed by atoms with Gasteiger partial charge in [-0.1, -0.05) is 50.1 Å². The standard InChI is InChI=1S/C26H36N6/c1-2-3-10-25-11-14-26(15-12-25,16-13-25)28-17-9-20(19-7-5-4-6-8-19)21-18-22(27)29-24-23(21)30-32-31-24/h4-8,18,20,28H,2-3,9-17H2,1H3,(H3,27,29,30,31,32). The number of rotatable bonds is 9. The molecule has 6 heteroatoms. The Bertz CT molecular complexity index is 1020. The summed E-state index contributed by atoms with van der Waals surface area (Å²) in [4.78, 5) is 4.34. The molecule has 32 heavy (non-hydrogen) atoms. The molecule has 3 aliphatic carbocycles. The van der Waals surface area contributed by atoms with E-state index in [9.17, 15) is 0 Å². The van der Waals surface area contributed by atoms with Crippen LogP contribution in [0.5, 0.6) is 0 Å². The van der Waals surface area contributed by atoms with Gasteiger partial charge in [0.25, 0.3) is 0 Å². The van der Waals surface area contributed by atoms with Gasteiger partial charge in [-0.15, -0.1) is 5.10 Å². The second-order valence-corrected chi connectivity index (χ2v) is 10.2. The zero-order valence-corrected chi connectivity index (χ0v) is 19.2. The monoisotopic (exact) mass is 432 g/mol. The van der Waals surface area contributed by atoms with Crippen LogP contribution < -0.4 is 11.1 Å². The molecule has 3 saturated carbocycles. The van der Waals surface area contributed by atoms with Crippen molar-refractivity contribution >= 4 is 17.0 Å². The summed E-state index contributed by atoms with van der Waals surface area (Å²) in [5, 5.41) is 15.3. The molecular formula is C26H36N6. The van der Waals surface area contributed by atoms with Crippen LogP contribution in [0.25, 0.3) is 11.2 Å². The smallest absolute Gasteiger partial charge is 0.203 e. The number of hydrogen-bond donors (Lipinski definition) is 3. The number of pyridine rings is 1. The quantitative estimate of drug-likeness (QED) is 0.425. The minimum Gasteiger partial charge on any atom is -0.384 e. The highest BCUT2D eigenvalue weighted by Crippen LogP contribution is 2.54. The van der Waals surface area contributed by atoms with Gasteiger partial charge in [0.1, 0.15) is 11.3 Å². The molecular weight excluding hydrogens is 396 g/mol. The lowest BCUT2D eigenvalue weighted by molar-refractivity contribution is 0.0155. The lowest BCUT2D eigenvalue weighted by Crippen LogP contribution is -2.55. The van der Waals surface area contributed by atoms with Crippen molar-refractivity contribution in [2.75, 3.05) is 12.3 Å². The predicted octanol–water partition coefficient (Wildman–Crippen LogP) is 5.33. The Morgan fingerprint density at radius 1 is 1.06 bits per heavy atom. The Morgan fingerprint density at radius 3 is 2.53 bits per heavy atom. The lowest BCUT2D eigenvalue weighted by atomic mass is 9.56. The summed E-state index contributed by atoms with van der Waals surface area (Å²) in [6.45, 7) is 3.31. The zero-order chi connectivity index (χ0) is 22.0. The molecule has 2 aromatic heterocycles. The number of nitrogens with one attached hydrogen (secondary N) is 2. The van der Waals surface area contributed by atoms with Crippen LogP contribution in [0.3, 0.4) is 0 Å². The number of fused-ring (bicyclic) bond motifs is 4. The van der Waals surface area contributed by atoms with Gasteiger partial charge in [0.2, 0.25) is 5.65 Å². The number of unbranched alkanes of at least 4 members (excludes halogenated alkanes) is 1. The molecule has 3 aliphatic rings.